The first-order chi connectivity index (χ1) is 7.24. The molecule has 0 radical (unpaired) electrons. The minimum Gasteiger partial charge on any atom is -0.547 e. The van der Waals surface area contributed by atoms with Gasteiger partial charge in [0.05, 0.1) is 5.76 Å². The van der Waals surface area contributed by atoms with Crippen molar-refractivity contribution in [2.75, 3.05) is 0 Å². The highest BCUT2D eigenvalue weighted by atomic mass is 28.4. The zero-order valence-corrected chi connectivity index (χ0v) is 12.9. The predicted octanol–water partition coefficient (Wildman–Crippen LogP) is 5.25. The summed E-state index contributed by atoms with van der Waals surface area (Å²) in [6.45, 7) is 13.9. The molecule has 94 valence electrons. The van der Waals surface area contributed by atoms with Gasteiger partial charge in [-0.15, -0.1) is 0 Å². The van der Waals surface area contributed by atoms with Crippen molar-refractivity contribution in [1.82, 2.24) is 0 Å². The van der Waals surface area contributed by atoms with E-state index in [2.05, 4.69) is 40.8 Å². The average Bonchev–Trinajstić information content (AvgIpc) is 2.30. The van der Waals surface area contributed by atoms with E-state index in [1.165, 1.54) is 43.4 Å². The Bertz CT molecular complexity index is 271. The fraction of sp³-hybridized carbons (Fsp3) is 0.857. The van der Waals surface area contributed by atoms with Crippen molar-refractivity contribution >= 4 is 8.32 Å². The number of hydrogen-bond acceptors (Lipinski definition) is 1. The highest BCUT2D eigenvalue weighted by Gasteiger charge is 2.39. The molecule has 0 unspecified atom stereocenters. The van der Waals surface area contributed by atoms with E-state index in [0.717, 1.165) is 0 Å². The maximum atomic E-state index is 6.45. The van der Waals surface area contributed by atoms with Crippen LogP contribution < -0.4 is 0 Å². The van der Waals surface area contributed by atoms with Crippen LogP contribution in [0.25, 0.3) is 0 Å². The lowest BCUT2D eigenvalue weighted by atomic mass is 10.1. The second-order valence-corrected chi connectivity index (χ2v) is 11.4. The Morgan fingerprint density at radius 2 is 1.56 bits per heavy atom. The molecule has 0 saturated heterocycles. The minimum atomic E-state index is -1.61. The summed E-state index contributed by atoms with van der Waals surface area (Å²) in [5.41, 5.74) is 1.50. The summed E-state index contributed by atoms with van der Waals surface area (Å²) < 4.78 is 6.45. The van der Waals surface area contributed by atoms with Crippen LogP contribution in [0.15, 0.2) is 11.3 Å². The molecule has 0 heterocycles. The largest absolute Gasteiger partial charge is 0.547 e. The Hall–Kier alpha value is -0.243. The SMILES string of the molecule is CC1=C(O[Si](C)(C)C(C)(C)C)CCCCC1. The van der Waals surface area contributed by atoms with E-state index in [9.17, 15) is 0 Å². The molecule has 0 N–H and O–H groups in total. The second kappa shape index (κ2) is 4.95. The number of hydrogen-bond donors (Lipinski definition) is 0. The summed E-state index contributed by atoms with van der Waals surface area (Å²) in [5.74, 6) is 1.32. The molecule has 0 fully saturated rings. The third kappa shape index (κ3) is 3.37. The van der Waals surface area contributed by atoms with Crippen molar-refractivity contribution in [3.05, 3.63) is 11.3 Å². The van der Waals surface area contributed by atoms with Crippen LogP contribution in [0, 0.1) is 0 Å². The Balaban J connectivity index is 2.79. The highest BCUT2D eigenvalue weighted by Crippen LogP contribution is 2.39. The first-order valence-electron chi connectivity index (χ1n) is 6.62. The number of rotatable bonds is 2. The first kappa shape index (κ1) is 13.8. The normalized spacial score (nSPS) is 19.6. The van der Waals surface area contributed by atoms with E-state index < -0.39 is 8.32 Å². The maximum Gasteiger partial charge on any atom is 0.250 e. The molecular weight excluding hydrogens is 212 g/mol. The van der Waals surface area contributed by atoms with Gasteiger partial charge in [-0.2, -0.15) is 0 Å². The summed E-state index contributed by atoms with van der Waals surface area (Å²) in [6.07, 6.45) is 6.42. The highest BCUT2D eigenvalue weighted by molar-refractivity contribution is 6.74. The van der Waals surface area contributed by atoms with E-state index in [-0.39, 0.29) is 0 Å². The lowest BCUT2D eigenvalue weighted by Crippen LogP contribution is -2.40. The fourth-order valence-electron chi connectivity index (χ4n) is 1.80. The van der Waals surface area contributed by atoms with Gasteiger partial charge < -0.3 is 4.43 Å². The topological polar surface area (TPSA) is 9.23 Å². The van der Waals surface area contributed by atoms with E-state index in [1.807, 2.05) is 0 Å². The van der Waals surface area contributed by atoms with E-state index in [1.54, 1.807) is 0 Å². The molecule has 2 heteroatoms. The van der Waals surface area contributed by atoms with Gasteiger partial charge in [-0.05, 0) is 49.9 Å². The van der Waals surface area contributed by atoms with Crippen LogP contribution >= 0.6 is 0 Å². The standard InChI is InChI=1S/C14H28OSi/c1-12-10-8-7-9-11-13(12)15-16(5,6)14(2,3)4/h7-11H2,1-6H3. The zero-order chi connectivity index (χ0) is 12.4. The van der Waals surface area contributed by atoms with Crippen LogP contribution in [0.5, 0.6) is 0 Å². The van der Waals surface area contributed by atoms with Crippen LogP contribution in [-0.4, -0.2) is 8.32 Å². The Morgan fingerprint density at radius 3 is 2.12 bits per heavy atom. The van der Waals surface area contributed by atoms with Gasteiger partial charge in [0.15, 0.2) is 0 Å². The molecule has 0 aromatic carbocycles. The van der Waals surface area contributed by atoms with Crippen LogP contribution in [-0.2, 0) is 4.43 Å². The van der Waals surface area contributed by atoms with Gasteiger partial charge in [0.2, 0.25) is 8.32 Å². The third-order valence-electron chi connectivity index (χ3n) is 4.12. The van der Waals surface area contributed by atoms with Crippen molar-refractivity contribution in [2.45, 2.75) is 77.9 Å². The minimum absolute atomic E-state index is 0.312. The molecule has 0 atom stereocenters. The lowest BCUT2D eigenvalue weighted by Gasteiger charge is -2.37. The molecule has 0 saturated carbocycles. The Labute approximate surface area is 102 Å². The van der Waals surface area contributed by atoms with Gasteiger partial charge in [-0.25, -0.2) is 0 Å². The van der Waals surface area contributed by atoms with Gasteiger partial charge in [-0.3, -0.25) is 0 Å². The molecule has 1 aliphatic carbocycles. The average molecular weight is 240 g/mol. The molecule has 0 amide bonds. The Kier molecular flexibility index (Phi) is 4.27. The van der Waals surface area contributed by atoms with Crippen LogP contribution in [0.4, 0.5) is 0 Å². The van der Waals surface area contributed by atoms with Gasteiger partial charge in [-0.1, -0.05) is 27.2 Å². The van der Waals surface area contributed by atoms with Crippen LogP contribution in [0.2, 0.25) is 18.1 Å². The van der Waals surface area contributed by atoms with Gasteiger partial charge >= 0.3 is 0 Å². The molecule has 1 rings (SSSR count). The van der Waals surface area contributed by atoms with Crippen molar-refractivity contribution in [2.24, 2.45) is 0 Å². The third-order valence-corrected chi connectivity index (χ3v) is 8.49. The smallest absolute Gasteiger partial charge is 0.250 e. The van der Waals surface area contributed by atoms with Gasteiger partial charge in [0, 0.05) is 6.42 Å². The summed E-state index contributed by atoms with van der Waals surface area (Å²) in [6, 6.07) is 0. The van der Waals surface area contributed by atoms with E-state index in [4.69, 9.17) is 4.43 Å². The quantitative estimate of drug-likeness (QED) is 0.599. The first-order valence-corrected chi connectivity index (χ1v) is 9.52. The lowest BCUT2D eigenvalue weighted by molar-refractivity contribution is 0.359. The zero-order valence-electron chi connectivity index (χ0n) is 11.9. The molecular formula is C14H28OSi. The number of allylic oxidation sites excluding steroid dienone is 2. The summed E-state index contributed by atoms with van der Waals surface area (Å²) >= 11 is 0. The van der Waals surface area contributed by atoms with Crippen molar-refractivity contribution in [1.29, 1.82) is 0 Å². The van der Waals surface area contributed by atoms with Crippen molar-refractivity contribution in [3.63, 3.8) is 0 Å². The molecule has 0 aromatic heterocycles. The van der Waals surface area contributed by atoms with E-state index in [0.29, 0.717) is 5.04 Å². The van der Waals surface area contributed by atoms with Crippen molar-refractivity contribution in [3.8, 4) is 0 Å². The molecule has 0 aliphatic heterocycles. The molecule has 1 nitrogen and oxygen atoms in total. The molecule has 0 aromatic rings. The van der Waals surface area contributed by atoms with E-state index >= 15 is 0 Å². The summed E-state index contributed by atoms with van der Waals surface area (Å²) in [5, 5.41) is 0.312. The van der Waals surface area contributed by atoms with Crippen LogP contribution in [0.1, 0.15) is 59.8 Å². The molecule has 0 bridgehead atoms. The van der Waals surface area contributed by atoms with Gasteiger partial charge in [0.25, 0.3) is 0 Å². The van der Waals surface area contributed by atoms with Crippen molar-refractivity contribution < 1.29 is 4.43 Å². The summed E-state index contributed by atoms with van der Waals surface area (Å²) in [4.78, 5) is 0. The summed E-state index contributed by atoms with van der Waals surface area (Å²) in [7, 11) is -1.61. The van der Waals surface area contributed by atoms with Gasteiger partial charge in [0.1, 0.15) is 0 Å². The predicted molar refractivity (Wildman–Crippen MR) is 74.1 cm³/mol. The molecule has 1 aliphatic rings. The maximum absolute atomic E-state index is 6.45. The van der Waals surface area contributed by atoms with Crippen LogP contribution in [0.3, 0.4) is 0 Å². The molecule has 16 heavy (non-hydrogen) atoms. The molecule has 0 spiro atoms. The fourth-order valence-corrected chi connectivity index (χ4v) is 3.00. The Morgan fingerprint density at radius 1 is 1.00 bits per heavy atom. The second-order valence-electron chi connectivity index (χ2n) is 6.63. The monoisotopic (exact) mass is 240 g/mol.